The fraction of sp³-hybridized carbons (Fsp3) is 0.471. The molecule has 2 rings (SSSR count). The average Bonchev–Trinajstić information content (AvgIpc) is 3.11. The van der Waals surface area contributed by atoms with Crippen LogP contribution in [-0.2, 0) is 35.3 Å². The molecule has 0 radical (unpaired) electrons. The normalized spacial score (nSPS) is 21.1. The van der Waals surface area contributed by atoms with Crippen LogP contribution >= 0.6 is 0 Å². The lowest BCUT2D eigenvalue weighted by molar-refractivity contribution is -0.156. The number of benzene rings is 1. The molecular formula is C17H19F4N3O7S. The number of carbonyl (C=O) groups excluding carboxylic acids is 2. The monoisotopic (exact) mass is 485 g/mol. The summed E-state index contributed by atoms with van der Waals surface area (Å²) in [5.74, 6) is -5.81. The summed E-state index contributed by atoms with van der Waals surface area (Å²) < 4.78 is 82.9. The Morgan fingerprint density at radius 1 is 1.31 bits per heavy atom. The summed E-state index contributed by atoms with van der Waals surface area (Å²) in [6, 6.07) is -0.214. The van der Waals surface area contributed by atoms with E-state index in [1.165, 1.54) is 0 Å². The van der Waals surface area contributed by atoms with Crippen molar-refractivity contribution in [1.82, 2.24) is 10.6 Å². The van der Waals surface area contributed by atoms with Gasteiger partial charge in [-0.1, -0.05) is 0 Å². The molecule has 0 saturated carbocycles. The molecule has 1 aliphatic heterocycles. The maximum Gasteiger partial charge on any atom is 0.418 e. The van der Waals surface area contributed by atoms with E-state index in [0.29, 0.717) is 12.1 Å². The number of alkyl halides is 3. The zero-order chi connectivity index (χ0) is 24.3. The molecule has 0 aromatic heterocycles. The average molecular weight is 485 g/mol. The molecule has 0 bridgehead atoms. The molecule has 0 spiro atoms. The first-order chi connectivity index (χ1) is 14.7. The number of carboxylic acids is 1. The van der Waals surface area contributed by atoms with Gasteiger partial charge in [0.2, 0.25) is 15.9 Å². The van der Waals surface area contributed by atoms with Crippen LogP contribution in [0.1, 0.15) is 18.4 Å². The van der Waals surface area contributed by atoms with Gasteiger partial charge < -0.3 is 20.5 Å². The van der Waals surface area contributed by atoms with Gasteiger partial charge in [0, 0.05) is 6.42 Å². The maximum atomic E-state index is 13.2. The molecule has 0 aliphatic carbocycles. The van der Waals surface area contributed by atoms with Crippen LogP contribution in [0.3, 0.4) is 0 Å². The number of sulfonamides is 1. The third kappa shape index (κ3) is 5.64. The number of anilines is 1. The number of amides is 1. The minimum absolute atomic E-state index is 0.0387. The Kier molecular flexibility index (Phi) is 7.34. The van der Waals surface area contributed by atoms with E-state index >= 15 is 0 Å². The largest absolute Gasteiger partial charge is 0.480 e. The molecule has 2 atom stereocenters. The molecule has 1 unspecified atom stereocenters. The van der Waals surface area contributed by atoms with Gasteiger partial charge in [0.25, 0.3) is 0 Å². The van der Waals surface area contributed by atoms with Gasteiger partial charge in [0.1, 0.15) is 11.9 Å². The molecule has 15 heteroatoms. The lowest BCUT2D eigenvalue weighted by atomic mass is 9.90. The van der Waals surface area contributed by atoms with Crippen LogP contribution in [0, 0.1) is 5.82 Å². The number of rotatable bonds is 8. The van der Waals surface area contributed by atoms with Crippen LogP contribution in [0.5, 0.6) is 0 Å². The Morgan fingerprint density at radius 2 is 1.97 bits per heavy atom. The fourth-order valence-corrected chi connectivity index (χ4v) is 4.28. The van der Waals surface area contributed by atoms with Crippen molar-refractivity contribution in [2.45, 2.75) is 30.6 Å². The molecule has 1 aromatic rings. The van der Waals surface area contributed by atoms with Crippen molar-refractivity contribution in [3.8, 4) is 0 Å². The molecule has 4 N–H and O–H groups in total. The lowest BCUT2D eigenvalue weighted by Gasteiger charge is -2.30. The third-order valence-electron chi connectivity index (χ3n) is 4.67. The molecule has 178 valence electrons. The first-order valence-electron chi connectivity index (χ1n) is 8.95. The van der Waals surface area contributed by atoms with Gasteiger partial charge in [-0.2, -0.15) is 13.2 Å². The van der Waals surface area contributed by atoms with Gasteiger partial charge in [0.05, 0.1) is 24.1 Å². The predicted molar refractivity (Wildman–Crippen MR) is 100 cm³/mol. The molecule has 32 heavy (non-hydrogen) atoms. The number of hydrogen-bond donors (Lipinski definition) is 4. The molecule has 1 saturated heterocycles. The standard InChI is InChI=1S/C17H19F4N3O7S/c1-31-15(28)16(5-6-22-13(16)14(26)27)23-12(25)4-7-32(29,30)24-11-3-2-9(18)8-10(11)17(19,20)21/h2-3,8,13,22,24H,4-7H2,1H3,(H,23,25)(H,26,27)/t13-,16?/m1/s1. The molecule has 1 amide bonds. The van der Waals surface area contributed by atoms with Crippen LogP contribution in [0.4, 0.5) is 23.2 Å². The summed E-state index contributed by atoms with van der Waals surface area (Å²) in [5, 5.41) is 14.0. The molecule has 1 fully saturated rings. The highest BCUT2D eigenvalue weighted by atomic mass is 32.2. The van der Waals surface area contributed by atoms with E-state index in [1.807, 2.05) is 0 Å². The Balaban J connectivity index is 2.14. The van der Waals surface area contributed by atoms with Crippen LogP contribution < -0.4 is 15.4 Å². The quantitative estimate of drug-likeness (QED) is 0.306. The van der Waals surface area contributed by atoms with Gasteiger partial charge in [-0.25, -0.2) is 17.6 Å². The Hall–Kier alpha value is -2.94. The van der Waals surface area contributed by atoms with Crippen LogP contribution in [0.25, 0.3) is 0 Å². The van der Waals surface area contributed by atoms with Gasteiger partial charge in [-0.3, -0.25) is 14.3 Å². The second-order valence-corrected chi connectivity index (χ2v) is 8.69. The number of carboxylic acid groups (broad SMARTS) is 1. The number of halogens is 4. The van der Waals surface area contributed by atoms with Crippen LogP contribution in [0.15, 0.2) is 18.2 Å². The van der Waals surface area contributed by atoms with E-state index in [0.717, 1.165) is 7.11 Å². The third-order valence-corrected chi connectivity index (χ3v) is 5.94. The molecular weight excluding hydrogens is 466 g/mol. The van der Waals surface area contributed by atoms with Crippen molar-refractivity contribution < 1.29 is 50.2 Å². The Bertz CT molecular complexity index is 1020. The van der Waals surface area contributed by atoms with E-state index in [2.05, 4.69) is 15.4 Å². The summed E-state index contributed by atoms with van der Waals surface area (Å²) in [4.78, 5) is 35.9. The number of hydrogen-bond acceptors (Lipinski definition) is 7. The maximum absolute atomic E-state index is 13.2. The van der Waals surface area contributed by atoms with Crippen molar-refractivity contribution in [1.29, 1.82) is 0 Å². The Labute approximate surface area is 179 Å². The second-order valence-electron chi connectivity index (χ2n) is 6.85. The number of carbonyl (C=O) groups is 3. The van der Waals surface area contributed by atoms with E-state index < -0.39 is 74.9 Å². The van der Waals surface area contributed by atoms with Gasteiger partial charge >= 0.3 is 18.1 Å². The first kappa shape index (κ1) is 25.3. The fourth-order valence-electron chi connectivity index (χ4n) is 3.21. The smallest absolute Gasteiger partial charge is 0.418 e. The van der Waals surface area contributed by atoms with Crippen molar-refractivity contribution >= 4 is 33.6 Å². The first-order valence-corrected chi connectivity index (χ1v) is 10.6. The topological polar surface area (TPSA) is 151 Å². The van der Waals surface area contributed by atoms with E-state index in [-0.39, 0.29) is 19.0 Å². The predicted octanol–water partition coefficient (Wildman–Crippen LogP) is 0.451. The molecule has 1 aliphatic rings. The summed E-state index contributed by atoms with van der Waals surface area (Å²) >= 11 is 0. The number of nitrogens with one attached hydrogen (secondary N) is 3. The lowest BCUT2D eigenvalue weighted by Crippen LogP contribution is -2.64. The van der Waals surface area contributed by atoms with Crippen molar-refractivity contribution in [2.24, 2.45) is 0 Å². The van der Waals surface area contributed by atoms with Crippen LogP contribution in [0.2, 0.25) is 0 Å². The highest BCUT2D eigenvalue weighted by molar-refractivity contribution is 7.92. The SMILES string of the molecule is COC(=O)C1(NC(=O)CCS(=O)(=O)Nc2ccc(F)cc2C(F)(F)F)CCN[C@@H]1C(=O)O. The van der Waals surface area contributed by atoms with Gasteiger partial charge in [0.15, 0.2) is 5.54 Å². The summed E-state index contributed by atoms with van der Waals surface area (Å²) in [7, 11) is -3.54. The second kappa shape index (κ2) is 9.28. The van der Waals surface area contributed by atoms with Crippen LogP contribution in [-0.4, -0.2) is 62.4 Å². The summed E-state index contributed by atoms with van der Waals surface area (Å²) in [6.45, 7) is 0.0387. The zero-order valence-corrected chi connectivity index (χ0v) is 17.3. The highest BCUT2D eigenvalue weighted by Gasteiger charge is 2.54. The minimum atomic E-state index is -5.05. The van der Waals surface area contributed by atoms with Crippen molar-refractivity contribution in [3.63, 3.8) is 0 Å². The minimum Gasteiger partial charge on any atom is -0.480 e. The molecule has 10 nitrogen and oxygen atoms in total. The van der Waals surface area contributed by atoms with E-state index in [4.69, 9.17) is 0 Å². The van der Waals surface area contributed by atoms with Gasteiger partial charge in [-0.05, 0) is 31.2 Å². The molecule has 1 heterocycles. The number of esters is 1. The number of ether oxygens (including phenoxy) is 1. The zero-order valence-electron chi connectivity index (χ0n) is 16.5. The Morgan fingerprint density at radius 3 is 2.53 bits per heavy atom. The van der Waals surface area contributed by atoms with Crippen molar-refractivity contribution in [2.75, 3.05) is 24.1 Å². The molecule has 1 aromatic carbocycles. The van der Waals surface area contributed by atoms with Gasteiger partial charge in [-0.15, -0.1) is 0 Å². The highest BCUT2D eigenvalue weighted by Crippen LogP contribution is 2.35. The number of aliphatic carboxylic acids is 1. The van der Waals surface area contributed by atoms with E-state index in [1.54, 1.807) is 4.72 Å². The number of methoxy groups -OCH3 is 1. The van der Waals surface area contributed by atoms with Crippen molar-refractivity contribution in [3.05, 3.63) is 29.6 Å². The summed E-state index contributed by atoms with van der Waals surface area (Å²) in [6.07, 6.45) is -6.02. The summed E-state index contributed by atoms with van der Waals surface area (Å²) in [5.41, 5.74) is -4.48. The van der Waals surface area contributed by atoms with E-state index in [9.17, 15) is 45.5 Å².